The molecule has 1 heterocycles. The molecule has 124 valence electrons. The predicted molar refractivity (Wildman–Crippen MR) is 97.5 cm³/mol. The number of amides is 1. The van der Waals surface area contributed by atoms with Gasteiger partial charge in [-0.1, -0.05) is 29.8 Å². The molecule has 3 N–H and O–H groups in total. The summed E-state index contributed by atoms with van der Waals surface area (Å²) in [6, 6.07) is 6.12. The zero-order valence-electron chi connectivity index (χ0n) is 13.1. The molecule has 0 atom stereocenters. The van der Waals surface area contributed by atoms with Crippen LogP contribution in [-0.2, 0) is 4.79 Å². The standard InChI is InChI=1S/C16H23N3O.2ClH/c1-12-4-3-5-13(2)16(12)19-11-15(20)18-10-14-6-8-17-9-7-14;;/h3-6,17,19H,7-11H2,1-2H3,(H,18,20);2*1H. The first kappa shape index (κ1) is 20.8. The minimum absolute atomic E-state index is 0. The van der Waals surface area contributed by atoms with E-state index in [1.165, 1.54) is 16.7 Å². The summed E-state index contributed by atoms with van der Waals surface area (Å²) in [5.74, 6) is 0.0343. The summed E-state index contributed by atoms with van der Waals surface area (Å²) in [6.07, 6.45) is 3.17. The summed E-state index contributed by atoms with van der Waals surface area (Å²) in [6.45, 7) is 6.99. The highest BCUT2D eigenvalue weighted by atomic mass is 35.5. The van der Waals surface area contributed by atoms with Gasteiger partial charge in [-0.25, -0.2) is 0 Å². The summed E-state index contributed by atoms with van der Waals surface area (Å²) in [5, 5.41) is 9.45. The molecule has 1 aliphatic heterocycles. The number of benzene rings is 1. The van der Waals surface area contributed by atoms with Gasteiger partial charge < -0.3 is 16.0 Å². The number of para-hydroxylation sites is 1. The Labute approximate surface area is 145 Å². The first-order valence-corrected chi connectivity index (χ1v) is 7.12. The van der Waals surface area contributed by atoms with Gasteiger partial charge in [0.05, 0.1) is 6.54 Å². The fourth-order valence-electron chi connectivity index (χ4n) is 2.37. The Balaban J connectivity index is 0.00000220. The normalized spacial score (nSPS) is 13.3. The molecule has 6 heteroatoms. The van der Waals surface area contributed by atoms with Crippen molar-refractivity contribution in [2.45, 2.75) is 20.3 Å². The summed E-state index contributed by atoms with van der Waals surface area (Å²) < 4.78 is 0. The second-order valence-corrected chi connectivity index (χ2v) is 5.21. The van der Waals surface area contributed by atoms with E-state index in [2.05, 4.69) is 22.0 Å². The maximum absolute atomic E-state index is 11.9. The second kappa shape index (κ2) is 10.5. The third-order valence-corrected chi connectivity index (χ3v) is 3.58. The number of hydrogen-bond donors (Lipinski definition) is 3. The molecule has 0 bridgehead atoms. The van der Waals surface area contributed by atoms with Crippen molar-refractivity contribution in [3.8, 4) is 0 Å². The van der Waals surface area contributed by atoms with Gasteiger partial charge in [0.25, 0.3) is 0 Å². The lowest BCUT2D eigenvalue weighted by atomic mass is 10.1. The van der Waals surface area contributed by atoms with E-state index in [9.17, 15) is 4.79 Å². The van der Waals surface area contributed by atoms with E-state index in [1.807, 2.05) is 32.0 Å². The van der Waals surface area contributed by atoms with Crippen molar-refractivity contribution >= 4 is 36.4 Å². The van der Waals surface area contributed by atoms with Crippen LogP contribution in [0.15, 0.2) is 29.8 Å². The number of aryl methyl sites for hydroxylation is 2. The zero-order chi connectivity index (χ0) is 14.4. The first-order valence-electron chi connectivity index (χ1n) is 7.12. The van der Waals surface area contributed by atoms with Crippen LogP contribution in [0.5, 0.6) is 0 Å². The maximum atomic E-state index is 11.9. The smallest absolute Gasteiger partial charge is 0.239 e. The molecule has 0 spiro atoms. The lowest BCUT2D eigenvalue weighted by Gasteiger charge is -2.15. The van der Waals surface area contributed by atoms with E-state index in [0.29, 0.717) is 13.1 Å². The monoisotopic (exact) mass is 345 g/mol. The summed E-state index contributed by atoms with van der Waals surface area (Å²) >= 11 is 0. The number of rotatable bonds is 5. The molecule has 0 aromatic heterocycles. The predicted octanol–water partition coefficient (Wildman–Crippen LogP) is 2.59. The van der Waals surface area contributed by atoms with Crippen molar-refractivity contribution in [1.29, 1.82) is 0 Å². The molecule has 1 amide bonds. The zero-order valence-corrected chi connectivity index (χ0v) is 14.7. The number of halogens is 2. The molecular weight excluding hydrogens is 321 g/mol. The van der Waals surface area contributed by atoms with Crippen LogP contribution < -0.4 is 16.0 Å². The maximum Gasteiger partial charge on any atom is 0.239 e. The van der Waals surface area contributed by atoms with Crippen LogP contribution in [-0.4, -0.2) is 32.1 Å². The molecule has 0 radical (unpaired) electrons. The average Bonchev–Trinajstić information content (AvgIpc) is 2.46. The van der Waals surface area contributed by atoms with Gasteiger partial charge in [-0.15, -0.1) is 24.8 Å². The Hall–Kier alpha value is -1.23. The Morgan fingerprint density at radius 2 is 1.91 bits per heavy atom. The topological polar surface area (TPSA) is 53.2 Å². The Bertz CT molecular complexity index is 498. The molecule has 0 fully saturated rings. The molecular formula is C16H25Cl2N3O. The van der Waals surface area contributed by atoms with Gasteiger partial charge in [-0.2, -0.15) is 0 Å². The van der Waals surface area contributed by atoms with Crippen LogP contribution in [0.25, 0.3) is 0 Å². The molecule has 22 heavy (non-hydrogen) atoms. The number of anilines is 1. The highest BCUT2D eigenvalue weighted by molar-refractivity contribution is 5.85. The van der Waals surface area contributed by atoms with Crippen molar-refractivity contribution < 1.29 is 4.79 Å². The minimum atomic E-state index is 0. The summed E-state index contributed by atoms with van der Waals surface area (Å²) in [5.41, 5.74) is 4.70. The quantitative estimate of drug-likeness (QED) is 0.719. The van der Waals surface area contributed by atoms with Crippen LogP contribution in [0.1, 0.15) is 17.5 Å². The molecule has 0 unspecified atom stereocenters. The van der Waals surface area contributed by atoms with Crippen molar-refractivity contribution in [3.63, 3.8) is 0 Å². The van der Waals surface area contributed by atoms with Gasteiger partial charge in [-0.3, -0.25) is 4.79 Å². The molecule has 0 saturated heterocycles. The minimum Gasteiger partial charge on any atom is -0.376 e. The van der Waals surface area contributed by atoms with Crippen molar-refractivity contribution in [2.75, 3.05) is 31.5 Å². The first-order chi connectivity index (χ1) is 9.66. The van der Waals surface area contributed by atoms with Crippen molar-refractivity contribution in [3.05, 3.63) is 41.0 Å². The molecule has 4 nitrogen and oxygen atoms in total. The van der Waals surface area contributed by atoms with E-state index < -0.39 is 0 Å². The fourth-order valence-corrected chi connectivity index (χ4v) is 2.37. The number of hydrogen-bond acceptors (Lipinski definition) is 3. The van der Waals surface area contributed by atoms with Gasteiger partial charge in [0, 0.05) is 18.8 Å². The van der Waals surface area contributed by atoms with Gasteiger partial charge in [0.2, 0.25) is 5.91 Å². The number of carbonyl (C=O) groups is 1. The lowest BCUT2D eigenvalue weighted by Crippen LogP contribution is -2.33. The molecule has 1 aromatic rings. The average molecular weight is 346 g/mol. The van der Waals surface area contributed by atoms with Gasteiger partial charge in [0.1, 0.15) is 0 Å². The van der Waals surface area contributed by atoms with Gasteiger partial charge in [0.15, 0.2) is 0 Å². The van der Waals surface area contributed by atoms with Crippen molar-refractivity contribution in [1.82, 2.24) is 10.6 Å². The lowest BCUT2D eigenvalue weighted by molar-refractivity contribution is -0.119. The third-order valence-electron chi connectivity index (χ3n) is 3.58. The van der Waals surface area contributed by atoms with E-state index in [4.69, 9.17) is 0 Å². The number of nitrogens with one attached hydrogen (secondary N) is 3. The number of carbonyl (C=O) groups excluding carboxylic acids is 1. The fraction of sp³-hybridized carbons (Fsp3) is 0.438. The van der Waals surface area contributed by atoms with Gasteiger partial charge >= 0.3 is 0 Å². The molecule has 1 aliphatic rings. The van der Waals surface area contributed by atoms with E-state index in [0.717, 1.165) is 25.2 Å². The second-order valence-electron chi connectivity index (χ2n) is 5.21. The molecule has 0 aliphatic carbocycles. The molecule has 1 aromatic carbocycles. The van der Waals surface area contributed by atoms with Crippen LogP contribution in [0, 0.1) is 13.8 Å². The third kappa shape index (κ3) is 6.26. The van der Waals surface area contributed by atoms with Crippen LogP contribution >= 0.6 is 24.8 Å². The SMILES string of the molecule is Cc1cccc(C)c1NCC(=O)NCC1=CCNCC1.Cl.Cl. The Morgan fingerprint density at radius 1 is 1.23 bits per heavy atom. The summed E-state index contributed by atoms with van der Waals surface area (Å²) in [4.78, 5) is 11.9. The van der Waals surface area contributed by atoms with E-state index >= 15 is 0 Å². The Kier molecular flexibility index (Phi) is 9.90. The highest BCUT2D eigenvalue weighted by Crippen LogP contribution is 2.18. The molecule has 0 saturated carbocycles. The molecule has 2 rings (SSSR count). The van der Waals surface area contributed by atoms with Gasteiger partial charge in [-0.05, 0) is 37.9 Å². The van der Waals surface area contributed by atoms with Crippen LogP contribution in [0.2, 0.25) is 0 Å². The summed E-state index contributed by atoms with van der Waals surface area (Å²) in [7, 11) is 0. The van der Waals surface area contributed by atoms with Crippen LogP contribution in [0.4, 0.5) is 5.69 Å². The Morgan fingerprint density at radius 3 is 2.50 bits per heavy atom. The van der Waals surface area contributed by atoms with E-state index in [-0.39, 0.29) is 30.7 Å². The largest absolute Gasteiger partial charge is 0.376 e. The van der Waals surface area contributed by atoms with Crippen molar-refractivity contribution in [2.24, 2.45) is 0 Å². The van der Waals surface area contributed by atoms with E-state index in [1.54, 1.807) is 0 Å². The highest BCUT2D eigenvalue weighted by Gasteiger charge is 2.07. The van der Waals surface area contributed by atoms with Crippen LogP contribution in [0.3, 0.4) is 0 Å².